The van der Waals surface area contributed by atoms with Crippen LogP contribution in [0, 0.1) is 17.5 Å². The van der Waals surface area contributed by atoms with Crippen molar-refractivity contribution in [3.05, 3.63) is 57.8 Å². The molecule has 0 radical (unpaired) electrons. The molecule has 2 N–H and O–H groups in total. The molecule has 2 aromatic carbocycles. The fourth-order valence-corrected chi connectivity index (χ4v) is 1.91. The molecule has 0 heterocycles. The lowest BCUT2D eigenvalue weighted by atomic mass is 10.1. The van der Waals surface area contributed by atoms with E-state index in [1.54, 1.807) is 0 Å². The standard InChI is InChI=1S/C13H7BrF3NO2/c14-8-5-7(1-2-9(8)15)18-12-10(16)3-6(13(19)20)4-11(12)17/h1-5,18H,(H,19,20). The van der Waals surface area contributed by atoms with Crippen molar-refractivity contribution < 1.29 is 23.1 Å². The van der Waals surface area contributed by atoms with Crippen LogP contribution in [0.5, 0.6) is 0 Å². The number of halogens is 4. The molecule has 0 aromatic heterocycles. The SMILES string of the molecule is O=C(O)c1cc(F)c(Nc2ccc(F)c(Br)c2)c(F)c1. The minimum atomic E-state index is -1.43. The molecule has 0 atom stereocenters. The summed E-state index contributed by atoms with van der Waals surface area (Å²) < 4.78 is 40.6. The maximum atomic E-state index is 13.7. The Bertz CT molecular complexity index is 668. The Labute approximate surface area is 120 Å². The fourth-order valence-electron chi connectivity index (χ4n) is 1.53. The molecule has 0 amide bonds. The molecule has 0 aliphatic carbocycles. The van der Waals surface area contributed by atoms with E-state index >= 15 is 0 Å². The van der Waals surface area contributed by atoms with Crippen molar-refractivity contribution in [3.63, 3.8) is 0 Å². The second-order valence-corrected chi connectivity index (χ2v) is 4.73. The third-order valence-electron chi connectivity index (χ3n) is 2.48. The molecule has 0 aliphatic heterocycles. The van der Waals surface area contributed by atoms with E-state index in [2.05, 4.69) is 21.2 Å². The number of carboxylic acids is 1. The van der Waals surface area contributed by atoms with Gasteiger partial charge in [0.05, 0.1) is 10.0 Å². The van der Waals surface area contributed by atoms with Crippen LogP contribution in [0.2, 0.25) is 0 Å². The number of aromatic carboxylic acids is 1. The molecule has 0 aliphatic rings. The lowest BCUT2D eigenvalue weighted by molar-refractivity contribution is 0.0696. The Morgan fingerprint density at radius 3 is 2.15 bits per heavy atom. The molecule has 104 valence electrons. The van der Waals surface area contributed by atoms with Crippen LogP contribution in [0.15, 0.2) is 34.8 Å². The molecular weight excluding hydrogens is 339 g/mol. The van der Waals surface area contributed by atoms with E-state index in [1.807, 2.05) is 0 Å². The van der Waals surface area contributed by atoms with E-state index in [4.69, 9.17) is 5.11 Å². The molecular formula is C13H7BrF3NO2. The summed E-state index contributed by atoms with van der Waals surface area (Å²) in [6.45, 7) is 0. The van der Waals surface area contributed by atoms with Crippen LogP contribution in [0.3, 0.4) is 0 Å². The van der Waals surface area contributed by atoms with Crippen LogP contribution in [-0.4, -0.2) is 11.1 Å². The highest BCUT2D eigenvalue weighted by molar-refractivity contribution is 9.10. The van der Waals surface area contributed by atoms with E-state index < -0.39 is 34.7 Å². The first-order valence-corrected chi connectivity index (χ1v) is 6.12. The van der Waals surface area contributed by atoms with Crippen molar-refractivity contribution in [2.24, 2.45) is 0 Å². The van der Waals surface area contributed by atoms with Gasteiger partial charge in [-0.3, -0.25) is 0 Å². The van der Waals surface area contributed by atoms with Gasteiger partial charge in [0.2, 0.25) is 0 Å². The molecule has 3 nitrogen and oxygen atoms in total. The lowest BCUT2D eigenvalue weighted by Crippen LogP contribution is -2.03. The van der Waals surface area contributed by atoms with E-state index in [0.717, 1.165) is 6.07 Å². The first-order chi connectivity index (χ1) is 9.38. The fraction of sp³-hybridized carbons (Fsp3) is 0. The van der Waals surface area contributed by atoms with E-state index in [9.17, 15) is 18.0 Å². The third kappa shape index (κ3) is 2.93. The molecule has 0 fully saturated rings. The van der Waals surface area contributed by atoms with Gasteiger partial charge in [0.15, 0.2) is 11.6 Å². The van der Waals surface area contributed by atoms with Gasteiger partial charge in [0, 0.05) is 5.69 Å². The third-order valence-corrected chi connectivity index (χ3v) is 3.09. The predicted molar refractivity (Wildman–Crippen MR) is 70.7 cm³/mol. The summed E-state index contributed by atoms with van der Waals surface area (Å²) in [5, 5.41) is 11.1. The topological polar surface area (TPSA) is 49.3 Å². The lowest BCUT2D eigenvalue weighted by Gasteiger charge is -2.10. The Morgan fingerprint density at radius 2 is 1.65 bits per heavy atom. The second kappa shape index (κ2) is 5.54. The van der Waals surface area contributed by atoms with Crippen molar-refractivity contribution in [3.8, 4) is 0 Å². The molecule has 0 saturated carbocycles. The summed E-state index contributed by atoms with van der Waals surface area (Å²) in [7, 11) is 0. The highest BCUT2D eigenvalue weighted by atomic mass is 79.9. The average molecular weight is 346 g/mol. The van der Waals surface area contributed by atoms with Gasteiger partial charge in [-0.1, -0.05) is 0 Å². The summed E-state index contributed by atoms with van der Waals surface area (Å²) in [5.74, 6) is -4.05. The number of hydrogen-bond donors (Lipinski definition) is 2. The normalized spacial score (nSPS) is 10.4. The monoisotopic (exact) mass is 345 g/mol. The second-order valence-electron chi connectivity index (χ2n) is 3.87. The zero-order valence-electron chi connectivity index (χ0n) is 9.75. The van der Waals surface area contributed by atoms with E-state index in [0.29, 0.717) is 12.1 Å². The molecule has 2 rings (SSSR count). The van der Waals surface area contributed by atoms with Crippen molar-refractivity contribution in [1.82, 2.24) is 0 Å². The van der Waals surface area contributed by atoms with Gasteiger partial charge < -0.3 is 10.4 Å². The Kier molecular flexibility index (Phi) is 3.99. The summed E-state index contributed by atoms with van der Waals surface area (Å²) in [5.41, 5.74) is -0.751. The number of carbonyl (C=O) groups is 1. The summed E-state index contributed by atoms with van der Waals surface area (Å²) in [6, 6.07) is 5.12. The smallest absolute Gasteiger partial charge is 0.335 e. The number of anilines is 2. The van der Waals surface area contributed by atoms with Crippen molar-refractivity contribution in [2.75, 3.05) is 5.32 Å². The largest absolute Gasteiger partial charge is 0.478 e. The van der Waals surface area contributed by atoms with Gasteiger partial charge >= 0.3 is 5.97 Å². The molecule has 0 spiro atoms. The molecule has 20 heavy (non-hydrogen) atoms. The van der Waals surface area contributed by atoms with Crippen LogP contribution >= 0.6 is 15.9 Å². The highest BCUT2D eigenvalue weighted by Gasteiger charge is 2.15. The predicted octanol–water partition coefficient (Wildman–Crippen LogP) is 4.31. The zero-order valence-corrected chi connectivity index (χ0v) is 11.3. The number of rotatable bonds is 3. The first kappa shape index (κ1) is 14.4. The van der Waals surface area contributed by atoms with Gasteiger partial charge in [-0.15, -0.1) is 0 Å². The van der Waals surface area contributed by atoms with Crippen LogP contribution < -0.4 is 5.32 Å². The molecule has 0 unspecified atom stereocenters. The first-order valence-electron chi connectivity index (χ1n) is 5.33. The minimum absolute atomic E-state index is 0.130. The van der Waals surface area contributed by atoms with Crippen LogP contribution in [0.1, 0.15) is 10.4 Å². The molecule has 0 saturated heterocycles. The molecule has 2 aromatic rings. The summed E-state index contributed by atoms with van der Waals surface area (Å²) in [4.78, 5) is 10.7. The van der Waals surface area contributed by atoms with Gasteiger partial charge in [-0.05, 0) is 46.3 Å². The van der Waals surface area contributed by atoms with Crippen molar-refractivity contribution in [2.45, 2.75) is 0 Å². The van der Waals surface area contributed by atoms with Crippen molar-refractivity contribution in [1.29, 1.82) is 0 Å². The van der Waals surface area contributed by atoms with Crippen molar-refractivity contribution >= 4 is 33.3 Å². The maximum absolute atomic E-state index is 13.7. The Morgan fingerprint density at radius 1 is 1.05 bits per heavy atom. The van der Waals surface area contributed by atoms with Gasteiger partial charge in [0.1, 0.15) is 11.5 Å². The Hall–Kier alpha value is -2.02. The summed E-state index contributed by atoms with van der Waals surface area (Å²) in [6.07, 6.45) is 0. The number of hydrogen-bond acceptors (Lipinski definition) is 2. The molecule has 0 bridgehead atoms. The van der Waals surface area contributed by atoms with Gasteiger partial charge in [-0.25, -0.2) is 18.0 Å². The van der Waals surface area contributed by atoms with Crippen LogP contribution in [0.4, 0.5) is 24.5 Å². The maximum Gasteiger partial charge on any atom is 0.335 e. The highest BCUT2D eigenvalue weighted by Crippen LogP contribution is 2.27. The minimum Gasteiger partial charge on any atom is -0.478 e. The van der Waals surface area contributed by atoms with E-state index in [1.165, 1.54) is 12.1 Å². The summed E-state index contributed by atoms with van der Waals surface area (Å²) >= 11 is 2.95. The zero-order chi connectivity index (χ0) is 14.9. The van der Waals surface area contributed by atoms with Gasteiger partial charge in [0.25, 0.3) is 0 Å². The van der Waals surface area contributed by atoms with Crippen LogP contribution in [-0.2, 0) is 0 Å². The van der Waals surface area contributed by atoms with E-state index in [-0.39, 0.29) is 10.2 Å². The number of nitrogens with one attached hydrogen (secondary N) is 1. The quantitative estimate of drug-likeness (QED) is 0.871. The number of carboxylic acid groups (broad SMARTS) is 1. The average Bonchev–Trinajstić information content (AvgIpc) is 2.37. The van der Waals surface area contributed by atoms with Gasteiger partial charge in [-0.2, -0.15) is 0 Å². The molecule has 7 heteroatoms. The number of benzene rings is 2. The Balaban J connectivity index is 2.38. The van der Waals surface area contributed by atoms with Crippen LogP contribution in [0.25, 0.3) is 0 Å².